The van der Waals surface area contributed by atoms with Crippen LogP contribution in [0.15, 0.2) is 12.4 Å². The molecule has 1 aromatic rings. The summed E-state index contributed by atoms with van der Waals surface area (Å²) >= 11 is 0. The predicted octanol–water partition coefficient (Wildman–Crippen LogP) is 0.838. The standard InChI is InChI=1S/C13H18N4O2/c1-18-6-7-19-10-11-2-5-17(9-11)13-12(8-14)15-3-4-16-13/h3-4,11H,2,5-7,9-10H2,1H3. The lowest BCUT2D eigenvalue weighted by molar-refractivity contribution is 0.0549. The van der Waals surface area contributed by atoms with Crippen LogP contribution >= 0.6 is 0 Å². The van der Waals surface area contributed by atoms with E-state index in [-0.39, 0.29) is 0 Å². The highest BCUT2D eigenvalue weighted by molar-refractivity contribution is 5.50. The molecule has 1 aromatic heterocycles. The number of hydrogen-bond donors (Lipinski definition) is 0. The first-order valence-corrected chi connectivity index (χ1v) is 6.38. The lowest BCUT2D eigenvalue weighted by atomic mass is 10.1. The fourth-order valence-corrected chi connectivity index (χ4v) is 2.19. The van der Waals surface area contributed by atoms with Crippen LogP contribution in [0.1, 0.15) is 12.1 Å². The zero-order valence-corrected chi connectivity index (χ0v) is 11.1. The van der Waals surface area contributed by atoms with E-state index in [1.54, 1.807) is 19.5 Å². The summed E-state index contributed by atoms with van der Waals surface area (Å²) in [4.78, 5) is 10.4. The molecule has 6 heteroatoms. The van der Waals surface area contributed by atoms with E-state index in [2.05, 4.69) is 20.9 Å². The first-order valence-electron chi connectivity index (χ1n) is 6.38. The van der Waals surface area contributed by atoms with Crippen LogP contribution in [-0.2, 0) is 9.47 Å². The Labute approximate surface area is 113 Å². The number of ether oxygens (including phenoxy) is 2. The fraction of sp³-hybridized carbons (Fsp3) is 0.615. The molecule has 0 amide bonds. The number of nitriles is 1. The van der Waals surface area contributed by atoms with Crippen LogP contribution in [0.2, 0.25) is 0 Å². The predicted molar refractivity (Wildman–Crippen MR) is 69.8 cm³/mol. The van der Waals surface area contributed by atoms with Crippen molar-refractivity contribution in [2.45, 2.75) is 6.42 Å². The van der Waals surface area contributed by atoms with E-state index in [1.165, 1.54) is 0 Å². The van der Waals surface area contributed by atoms with Crippen LogP contribution in [-0.4, -0.2) is 50.0 Å². The number of aromatic nitrogens is 2. The molecule has 1 aliphatic heterocycles. The number of nitrogens with zero attached hydrogens (tertiary/aromatic N) is 4. The van der Waals surface area contributed by atoms with Crippen LogP contribution in [0.3, 0.4) is 0 Å². The molecule has 0 radical (unpaired) electrons. The summed E-state index contributed by atoms with van der Waals surface area (Å²) < 4.78 is 10.5. The summed E-state index contributed by atoms with van der Waals surface area (Å²) in [5, 5.41) is 9.03. The minimum Gasteiger partial charge on any atom is -0.382 e. The second-order valence-corrected chi connectivity index (χ2v) is 4.51. The summed E-state index contributed by atoms with van der Waals surface area (Å²) in [5.41, 5.74) is 0.392. The minimum absolute atomic E-state index is 0.392. The molecule has 19 heavy (non-hydrogen) atoms. The van der Waals surface area contributed by atoms with Gasteiger partial charge in [-0.2, -0.15) is 5.26 Å². The van der Waals surface area contributed by atoms with Gasteiger partial charge in [0, 0.05) is 38.5 Å². The number of rotatable bonds is 6. The maximum atomic E-state index is 9.03. The third kappa shape index (κ3) is 3.63. The topological polar surface area (TPSA) is 71.3 Å². The SMILES string of the molecule is COCCOCC1CCN(c2nccnc2C#N)C1. The molecular formula is C13H18N4O2. The van der Waals surface area contributed by atoms with Gasteiger partial charge in [0.1, 0.15) is 6.07 Å². The van der Waals surface area contributed by atoms with Crippen molar-refractivity contribution in [1.29, 1.82) is 5.26 Å². The molecule has 0 bridgehead atoms. The Morgan fingerprint density at radius 1 is 1.42 bits per heavy atom. The molecule has 102 valence electrons. The van der Waals surface area contributed by atoms with E-state index in [9.17, 15) is 0 Å². The van der Waals surface area contributed by atoms with Crippen molar-refractivity contribution in [3.05, 3.63) is 18.1 Å². The van der Waals surface area contributed by atoms with Crippen LogP contribution < -0.4 is 4.90 Å². The van der Waals surface area contributed by atoms with Crippen molar-refractivity contribution >= 4 is 5.82 Å². The van der Waals surface area contributed by atoms with Crippen LogP contribution in [0.25, 0.3) is 0 Å². The summed E-state index contributed by atoms with van der Waals surface area (Å²) in [5.74, 6) is 1.16. The largest absolute Gasteiger partial charge is 0.382 e. The molecule has 2 rings (SSSR count). The summed E-state index contributed by atoms with van der Waals surface area (Å²) in [6, 6.07) is 2.08. The van der Waals surface area contributed by atoms with Crippen molar-refractivity contribution in [3.63, 3.8) is 0 Å². The van der Waals surface area contributed by atoms with Gasteiger partial charge in [0.15, 0.2) is 11.5 Å². The van der Waals surface area contributed by atoms with Gasteiger partial charge in [0.05, 0.1) is 19.8 Å². The van der Waals surface area contributed by atoms with E-state index in [1.807, 2.05) is 0 Å². The zero-order valence-electron chi connectivity index (χ0n) is 11.1. The van der Waals surface area contributed by atoms with Crippen LogP contribution in [0, 0.1) is 17.2 Å². The molecule has 2 heterocycles. The average Bonchev–Trinajstić information content (AvgIpc) is 2.92. The maximum absolute atomic E-state index is 9.03. The van der Waals surface area contributed by atoms with Gasteiger partial charge in [0.25, 0.3) is 0 Å². The normalized spacial score (nSPS) is 18.5. The third-order valence-corrected chi connectivity index (χ3v) is 3.16. The Hall–Kier alpha value is -1.71. The molecule has 0 aromatic carbocycles. The number of hydrogen-bond acceptors (Lipinski definition) is 6. The van der Waals surface area contributed by atoms with Crippen molar-refractivity contribution in [2.75, 3.05) is 44.9 Å². The summed E-state index contributed by atoms with van der Waals surface area (Å²) in [6.45, 7) is 3.73. The first kappa shape index (κ1) is 13.7. The van der Waals surface area contributed by atoms with Crippen molar-refractivity contribution in [1.82, 2.24) is 9.97 Å². The van der Waals surface area contributed by atoms with Crippen molar-refractivity contribution in [2.24, 2.45) is 5.92 Å². The molecule has 1 fully saturated rings. The Bertz CT molecular complexity index is 447. The zero-order chi connectivity index (χ0) is 13.5. The first-order chi connectivity index (χ1) is 9.35. The highest BCUT2D eigenvalue weighted by atomic mass is 16.5. The highest BCUT2D eigenvalue weighted by Crippen LogP contribution is 2.23. The quantitative estimate of drug-likeness (QED) is 0.707. The van der Waals surface area contributed by atoms with Gasteiger partial charge in [-0.25, -0.2) is 9.97 Å². The van der Waals surface area contributed by atoms with Crippen molar-refractivity contribution in [3.8, 4) is 6.07 Å². The Morgan fingerprint density at radius 2 is 2.26 bits per heavy atom. The lowest BCUT2D eigenvalue weighted by Crippen LogP contribution is -2.23. The van der Waals surface area contributed by atoms with E-state index in [0.29, 0.717) is 30.6 Å². The number of methoxy groups -OCH3 is 1. The van der Waals surface area contributed by atoms with Gasteiger partial charge in [-0.05, 0) is 6.42 Å². The van der Waals surface area contributed by atoms with Gasteiger partial charge < -0.3 is 14.4 Å². The van der Waals surface area contributed by atoms with Crippen LogP contribution in [0.5, 0.6) is 0 Å². The molecule has 1 unspecified atom stereocenters. The monoisotopic (exact) mass is 262 g/mol. The molecule has 1 saturated heterocycles. The maximum Gasteiger partial charge on any atom is 0.183 e. The number of anilines is 1. The van der Waals surface area contributed by atoms with Gasteiger partial charge >= 0.3 is 0 Å². The van der Waals surface area contributed by atoms with Gasteiger partial charge in [-0.3, -0.25) is 0 Å². The summed E-state index contributed by atoms with van der Waals surface area (Å²) in [6.07, 6.45) is 4.22. The average molecular weight is 262 g/mol. The highest BCUT2D eigenvalue weighted by Gasteiger charge is 2.25. The molecule has 1 aliphatic rings. The molecule has 0 saturated carbocycles. The molecule has 1 atom stereocenters. The third-order valence-electron chi connectivity index (χ3n) is 3.16. The summed E-state index contributed by atoms with van der Waals surface area (Å²) in [7, 11) is 1.66. The van der Waals surface area contributed by atoms with E-state index in [0.717, 1.165) is 26.1 Å². The fourth-order valence-electron chi connectivity index (χ4n) is 2.19. The Balaban J connectivity index is 1.86. The molecule has 0 N–H and O–H groups in total. The van der Waals surface area contributed by atoms with Gasteiger partial charge in [-0.15, -0.1) is 0 Å². The minimum atomic E-state index is 0.392. The molecule has 0 aliphatic carbocycles. The van der Waals surface area contributed by atoms with Gasteiger partial charge in [0.2, 0.25) is 0 Å². The van der Waals surface area contributed by atoms with Gasteiger partial charge in [-0.1, -0.05) is 0 Å². The Morgan fingerprint density at radius 3 is 3.05 bits per heavy atom. The van der Waals surface area contributed by atoms with Crippen molar-refractivity contribution < 1.29 is 9.47 Å². The second kappa shape index (κ2) is 7.02. The molecule has 0 spiro atoms. The second-order valence-electron chi connectivity index (χ2n) is 4.51. The van der Waals surface area contributed by atoms with Crippen LogP contribution in [0.4, 0.5) is 5.82 Å². The molecule has 6 nitrogen and oxygen atoms in total. The smallest absolute Gasteiger partial charge is 0.183 e. The van der Waals surface area contributed by atoms with E-state index < -0.39 is 0 Å². The van der Waals surface area contributed by atoms with E-state index >= 15 is 0 Å². The Kier molecular flexibility index (Phi) is 5.07. The lowest BCUT2D eigenvalue weighted by Gasteiger charge is -2.17. The van der Waals surface area contributed by atoms with E-state index in [4.69, 9.17) is 14.7 Å². The molecular weight excluding hydrogens is 244 g/mol.